The maximum atomic E-state index is 12.5. The third-order valence-corrected chi connectivity index (χ3v) is 4.84. The fourth-order valence-corrected chi connectivity index (χ4v) is 3.28. The topological polar surface area (TPSA) is 88.3 Å². The van der Waals surface area contributed by atoms with Crippen molar-refractivity contribution in [2.24, 2.45) is 12.5 Å². The molecule has 2 aromatic rings. The lowest BCUT2D eigenvalue weighted by Crippen LogP contribution is -2.35. The number of aryl methyl sites for hydroxylation is 1. The lowest BCUT2D eigenvalue weighted by Gasteiger charge is -2.19. The number of rotatable bonds is 3. The van der Waals surface area contributed by atoms with E-state index >= 15 is 0 Å². The Bertz CT molecular complexity index is 738. The number of amides is 1. The number of carbonyl (C=O) groups excluding carboxylic acids is 1. The number of carbonyl (C=O) groups is 2. The quantitative estimate of drug-likeness (QED) is 0.925. The molecule has 0 saturated carbocycles. The number of carboxylic acid groups (broad SMARTS) is 1. The number of nitrogens with zero attached hydrogens (tertiary/aromatic N) is 4. The molecule has 1 amide bonds. The summed E-state index contributed by atoms with van der Waals surface area (Å²) in [6.45, 7) is 2.34. The second-order valence-corrected chi connectivity index (χ2v) is 6.64. The molecule has 0 aromatic carbocycles. The molecule has 7 nitrogen and oxygen atoms in total. The lowest BCUT2D eigenvalue weighted by molar-refractivity contribution is -0.147. The fourth-order valence-electron chi connectivity index (χ4n) is 2.51. The molecule has 0 aliphatic carbocycles. The molecule has 1 aliphatic heterocycles. The molecule has 22 heavy (non-hydrogen) atoms. The number of aromatic nitrogens is 3. The molecule has 1 aliphatic rings. The van der Waals surface area contributed by atoms with Crippen LogP contribution in [-0.4, -0.2) is 49.7 Å². The largest absolute Gasteiger partial charge is 0.481 e. The summed E-state index contributed by atoms with van der Waals surface area (Å²) in [6, 6.07) is 0. The van der Waals surface area contributed by atoms with E-state index in [0.29, 0.717) is 18.7 Å². The highest BCUT2D eigenvalue weighted by Crippen LogP contribution is 2.31. The van der Waals surface area contributed by atoms with Gasteiger partial charge in [-0.2, -0.15) is 5.10 Å². The van der Waals surface area contributed by atoms with E-state index in [1.54, 1.807) is 28.1 Å². The molecule has 3 heterocycles. The maximum Gasteiger partial charge on any atom is 0.311 e. The Morgan fingerprint density at radius 3 is 2.82 bits per heavy atom. The zero-order chi connectivity index (χ0) is 15.9. The number of thiazole rings is 1. The Labute approximate surface area is 131 Å². The Morgan fingerprint density at radius 2 is 2.23 bits per heavy atom. The van der Waals surface area contributed by atoms with Gasteiger partial charge in [0.2, 0.25) is 0 Å². The standard InChI is InChI=1S/C14H16N4O3S/c1-14(13(20)21)3-4-18(8-14)12(19)10-7-22-11(16-10)9-5-15-17(2)6-9/h5-7H,3-4,8H2,1-2H3,(H,20,21)/t14-/m0/s1. The first-order valence-electron chi connectivity index (χ1n) is 6.86. The van der Waals surface area contributed by atoms with Crippen molar-refractivity contribution >= 4 is 23.2 Å². The molecule has 1 saturated heterocycles. The monoisotopic (exact) mass is 320 g/mol. The molecule has 1 atom stereocenters. The highest BCUT2D eigenvalue weighted by atomic mass is 32.1. The van der Waals surface area contributed by atoms with Gasteiger partial charge in [0.25, 0.3) is 5.91 Å². The normalized spacial score (nSPS) is 21.3. The first-order chi connectivity index (χ1) is 10.4. The van der Waals surface area contributed by atoms with Crippen LogP contribution in [0.4, 0.5) is 0 Å². The van der Waals surface area contributed by atoms with Gasteiger partial charge in [-0.05, 0) is 13.3 Å². The van der Waals surface area contributed by atoms with Crippen LogP contribution in [0, 0.1) is 5.41 Å². The SMILES string of the molecule is Cn1cc(-c2nc(C(=O)N3CC[C@](C)(C(=O)O)C3)cs2)cn1. The zero-order valence-corrected chi connectivity index (χ0v) is 13.1. The van der Waals surface area contributed by atoms with Crippen molar-refractivity contribution in [1.29, 1.82) is 0 Å². The van der Waals surface area contributed by atoms with Crippen LogP contribution in [0.1, 0.15) is 23.8 Å². The van der Waals surface area contributed by atoms with Crippen LogP contribution in [-0.2, 0) is 11.8 Å². The van der Waals surface area contributed by atoms with Crippen LogP contribution in [0.3, 0.4) is 0 Å². The van der Waals surface area contributed by atoms with Gasteiger partial charge in [-0.25, -0.2) is 4.98 Å². The van der Waals surface area contributed by atoms with Crippen molar-refractivity contribution in [2.75, 3.05) is 13.1 Å². The number of likely N-dealkylation sites (tertiary alicyclic amines) is 1. The molecular formula is C14H16N4O3S. The summed E-state index contributed by atoms with van der Waals surface area (Å²) in [7, 11) is 1.82. The molecule has 0 bridgehead atoms. The summed E-state index contributed by atoms with van der Waals surface area (Å²) < 4.78 is 1.68. The zero-order valence-electron chi connectivity index (χ0n) is 12.3. The van der Waals surface area contributed by atoms with Gasteiger partial charge in [0.15, 0.2) is 0 Å². The minimum atomic E-state index is -0.864. The van der Waals surface area contributed by atoms with Crippen molar-refractivity contribution in [3.63, 3.8) is 0 Å². The molecule has 0 spiro atoms. The molecular weight excluding hydrogens is 304 g/mol. The van der Waals surface area contributed by atoms with Crippen molar-refractivity contribution in [3.05, 3.63) is 23.5 Å². The Morgan fingerprint density at radius 1 is 1.45 bits per heavy atom. The fraction of sp³-hybridized carbons (Fsp3) is 0.429. The van der Waals surface area contributed by atoms with Crippen molar-refractivity contribution in [2.45, 2.75) is 13.3 Å². The Hall–Kier alpha value is -2.22. The molecule has 8 heteroatoms. The summed E-state index contributed by atoms with van der Waals surface area (Å²) in [5.41, 5.74) is 0.361. The van der Waals surface area contributed by atoms with Crippen LogP contribution >= 0.6 is 11.3 Å². The van der Waals surface area contributed by atoms with E-state index in [0.717, 1.165) is 10.6 Å². The van der Waals surface area contributed by atoms with E-state index in [-0.39, 0.29) is 12.5 Å². The predicted octanol–water partition coefficient (Wildman–Crippen LogP) is 1.48. The summed E-state index contributed by atoms with van der Waals surface area (Å²) in [4.78, 5) is 29.6. The number of hydrogen-bond donors (Lipinski definition) is 1. The van der Waals surface area contributed by atoms with Crippen LogP contribution in [0.25, 0.3) is 10.6 Å². The summed E-state index contributed by atoms with van der Waals surface area (Å²) >= 11 is 1.38. The summed E-state index contributed by atoms with van der Waals surface area (Å²) in [6.07, 6.45) is 4.00. The van der Waals surface area contributed by atoms with Gasteiger partial charge in [0.05, 0.1) is 11.6 Å². The number of aliphatic carboxylic acids is 1. The third kappa shape index (κ3) is 2.50. The molecule has 116 valence electrons. The van der Waals surface area contributed by atoms with Crippen LogP contribution in [0.5, 0.6) is 0 Å². The van der Waals surface area contributed by atoms with E-state index < -0.39 is 11.4 Å². The van der Waals surface area contributed by atoms with Crippen molar-refractivity contribution < 1.29 is 14.7 Å². The van der Waals surface area contributed by atoms with Gasteiger partial charge >= 0.3 is 5.97 Å². The lowest BCUT2D eigenvalue weighted by atomic mass is 9.90. The van der Waals surface area contributed by atoms with E-state index in [1.807, 2.05) is 13.2 Å². The smallest absolute Gasteiger partial charge is 0.311 e. The second-order valence-electron chi connectivity index (χ2n) is 5.78. The van der Waals surface area contributed by atoms with E-state index in [4.69, 9.17) is 0 Å². The van der Waals surface area contributed by atoms with Crippen LogP contribution < -0.4 is 0 Å². The third-order valence-electron chi connectivity index (χ3n) is 3.95. The number of hydrogen-bond acceptors (Lipinski definition) is 5. The second kappa shape index (κ2) is 5.20. The van der Waals surface area contributed by atoms with Crippen LogP contribution in [0.2, 0.25) is 0 Å². The molecule has 1 N–H and O–H groups in total. The van der Waals surface area contributed by atoms with Gasteiger partial charge < -0.3 is 10.0 Å². The molecule has 1 fully saturated rings. The van der Waals surface area contributed by atoms with Crippen molar-refractivity contribution in [1.82, 2.24) is 19.7 Å². The molecule has 0 unspecified atom stereocenters. The average molecular weight is 320 g/mol. The molecule has 3 rings (SSSR count). The minimum absolute atomic E-state index is 0.212. The van der Waals surface area contributed by atoms with Gasteiger partial charge in [0.1, 0.15) is 10.7 Å². The van der Waals surface area contributed by atoms with E-state index in [2.05, 4.69) is 10.1 Å². The van der Waals surface area contributed by atoms with Gasteiger partial charge in [-0.15, -0.1) is 11.3 Å². The highest BCUT2D eigenvalue weighted by molar-refractivity contribution is 7.13. The van der Waals surface area contributed by atoms with E-state index in [9.17, 15) is 14.7 Å². The van der Waals surface area contributed by atoms with E-state index in [1.165, 1.54) is 11.3 Å². The Balaban J connectivity index is 1.77. The Kier molecular flexibility index (Phi) is 3.48. The predicted molar refractivity (Wildman–Crippen MR) is 80.6 cm³/mol. The molecule has 0 radical (unpaired) electrons. The van der Waals surface area contributed by atoms with Gasteiger partial charge in [-0.1, -0.05) is 0 Å². The van der Waals surface area contributed by atoms with Crippen LogP contribution in [0.15, 0.2) is 17.8 Å². The van der Waals surface area contributed by atoms with Gasteiger partial charge in [0, 0.05) is 37.3 Å². The average Bonchev–Trinajstić information content (AvgIpc) is 3.17. The molecule has 2 aromatic heterocycles. The first-order valence-corrected chi connectivity index (χ1v) is 7.74. The summed E-state index contributed by atoms with van der Waals surface area (Å²) in [5.74, 6) is -1.08. The minimum Gasteiger partial charge on any atom is -0.481 e. The summed E-state index contributed by atoms with van der Waals surface area (Å²) in [5, 5.41) is 15.8. The highest BCUT2D eigenvalue weighted by Gasteiger charge is 2.42. The van der Waals surface area contributed by atoms with Crippen molar-refractivity contribution in [3.8, 4) is 10.6 Å². The first kappa shape index (κ1) is 14.7. The number of carboxylic acids is 1. The maximum absolute atomic E-state index is 12.5. The van der Waals surface area contributed by atoms with Gasteiger partial charge in [-0.3, -0.25) is 14.3 Å².